The van der Waals surface area contributed by atoms with Crippen molar-refractivity contribution >= 4 is 45.8 Å². The van der Waals surface area contributed by atoms with E-state index in [-0.39, 0.29) is 11.9 Å². The van der Waals surface area contributed by atoms with Gasteiger partial charge in [-0.1, -0.05) is 30.1 Å². The Morgan fingerprint density at radius 3 is 2.67 bits per heavy atom. The molecule has 0 saturated carbocycles. The summed E-state index contributed by atoms with van der Waals surface area (Å²) < 4.78 is 14.5. The third-order valence-electron chi connectivity index (χ3n) is 3.22. The zero-order valence-corrected chi connectivity index (χ0v) is 15.1. The Balaban J connectivity index is 2.35. The molecule has 0 heterocycles. The maximum Gasteiger partial charge on any atom is 0.123 e. The molecule has 0 aliphatic heterocycles. The molecule has 1 unspecified atom stereocenters. The Morgan fingerprint density at radius 2 is 1.95 bits per heavy atom. The Kier molecular flexibility index (Phi) is 6.29. The summed E-state index contributed by atoms with van der Waals surface area (Å²) in [4.78, 5) is 0. The lowest BCUT2D eigenvalue weighted by Crippen LogP contribution is -2.24. The molecule has 1 atom stereocenters. The summed E-state index contributed by atoms with van der Waals surface area (Å²) >= 11 is 14.6. The maximum atomic E-state index is 13.4. The van der Waals surface area contributed by atoms with Crippen molar-refractivity contribution in [2.24, 2.45) is 0 Å². The fraction of sp³-hybridized carbons (Fsp3) is 0.250. The van der Waals surface area contributed by atoms with Gasteiger partial charge in [0.05, 0.1) is 0 Å². The van der Waals surface area contributed by atoms with Crippen LogP contribution in [0.1, 0.15) is 24.1 Å². The predicted molar refractivity (Wildman–Crippen MR) is 95.7 cm³/mol. The zero-order chi connectivity index (χ0) is 15.4. The van der Waals surface area contributed by atoms with Gasteiger partial charge in [0.25, 0.3) is 0 Å². The van der Waals surface area contributed by atoms with Gasteiger partial charge >= 0.3 is 0 Å². The van der Waals surface area contributed by atoms with Gasteiger partial charge in [-0.3, -0.25) is 0 Å². The van der Waals surface area contributed by atoms with E-state index in [0.717, 1.165) is 21.2 Å². The number of likely N-dealkylation sites (N-methyl/N-ethyl adjacent to an activating group) is 1. The molecule has 0 spiro atoms. The minimum absolute atomic E-state index is 0.0416. The first-order valence-electron chi connectivity index (χ1n) is 6.63. The van der Waals surface area contributed by atoms with Crippen LogP contribution in [-0.2, 0) is 6.42 Å². The fourth-order valence-electron chi connectivity index (χ4n) is 2.24. The standard InChI is InChI=1S/C16H15Cl2FIN/c1-2-21-16(13-9-11(17)3-6-15(13)20)8-10-7-12(19)4-5-14(10)18/h3-7,9,16,21H,2,8H2,1H3. The summed E-state index contributed by atoms with van der Waals surface area (Å²) in [6.45, 7) is 2.85. The molecule has 0 amide bonds. The molecular weight excluding hydrogens is 423 g/mol. The normalized spacial score (nSPS) is 12.4. The Bertz CT molecular complexity index is 634. The van der Waals surface area contributed by atoms with Crippen molar-refractivity contribution in [2.75, 3.05) is 6.54 Å². The van der Waals surface area contributed by atoms with E-state index in [1.807, 2.05) is 25.1 Å². The quantitative estimate of drug-likeness (QED) is 0.597. The van der Waals surface area contributed by atoms with Gasteiger partial charge in [0.1, 0.15) is 5.82 Å². The molecule has 1 N–H and O–H groups in total. The molecule has 0 aliphatic rings. The zero-order valence-electron chi connectivity index (χ0n) is 11.5. The second kappa shape index (κ2) is 7.77. The van der Waals surface area contributed by atoms with Crippen LogP contribution in [0.25, 0.3) is 0 Å². The Labute approximate surface area is 148 Å². The van der Waals surface area contributed by atoms with Crippen LogP contribution >= 0.6 is 45.8 Å². The van der Waals surface area contributed by atoms with Gasteiger partial charge in [-0.05, 0) is 83.1 Å². The predicted octanol–water partition coefficient (Wildman–Crippen LogP) is 5.63. The van der Waals surface area contributed by atoms with E-state index < -0.39 is 0 Å². The number of nitrogens with one attached hydrogen (secondary N) is 1. The van der Waals surface area contributed by atoms with Crippen LogP contribution in [-0.4, -0.2) is 6.54 Å². The van der Waals surface area contributed by atoms with Crippen molar-refractivity contribution in [1.29, 1.82) is 0 Å². The molecule has 0 saturated heterocycles. The summed E-state index contributed by atoms with van der Waals surface area (Å²) in [5, 5.41) is 4.69. The van der Waals surface area contributed by atoms with Crippen LogP contribution in [0, 0.1) is 9.39 Å². The Hall–Kier alpha value is -0.360. The molecule has 21 heavy (non-hydrogen) atoms. The van der Waals surface area contributed by atoms with E-state index >= 15 is 0 Å². The third kappa shape index (κ3) is 4.55. The Morgan fingerprint density at radius 1 is 1.19 bits per heavy atom. The van der Waals surface area contributed by atoms with Crippen LogP contribution in [0.4, 0.5) is 4.39 Å². The molecule has 0 radical (unpaired) electrons. The first kappa shape index (κ1) is 17.0. The van der Waals surface area contributed by atoms with E-state index in [1.165, 1.54) is 12.1 Å². The molecule has 0 aliphatic carbocycles. The second-order valence-electron chi connectivity index (χ2n) is 4.72. The van der Waals surface area contributed by atoms with Crippen LogP contribution in [0.15, 0.2) is 36.4 Å². The molecule has 2 rings (SSSR count). The van der Waals surface area contributed by atoms with Gasteiger partial charge in [-0.15, -0.1) is 0 Å². The van der Waals surface area contributed by atoms with Crippen LogP contribution < -0.4 is 5.32 Å². The van der Waals surface area contributed by atoms with Gasteiger partial charge in [0.15, 0.2) is 0 Å². The van der Waals surface area contributed by atoms with Crippen molar-refractivity contribution in [3.63, 3.8) is 0 Å². The molecule has 0 bridgehead atoms. The number of hydrogen-bond acceptors (Lipinski definition) is 1. The van der Waals surface area contributed by atoms with Gasteiger partial charge in [0.2, 0.25) is 0 Å². The largest absolute Gasteiger partial charge is 0.310 e. The summed E-state index contributed by atoms with van der Waals surface area (Å²) in [6, 6.07) is 10.3. The summed E-state index contributed by atoms with van der Waals surface area (Å²) in [7, 11) is 0. The van der Waals surface area contributed by atoms with E-state index in [9.17, 15) is 4.39 Å². The summed E-state index contributed by atoms with van der Waals surface area (Å²) in [5.74, 6) is -0.273. The molecule has 0 fully saturated rings. The van der Waals surface area contributed by atoms with E-state index in [0.29, 0.717) is 16.5 Å². The molecular formula is C16H15Cl2FIN. The van der Waals surface area contributed by atoms with Crippen molar-refractivity contribution in [3.8, 4) is 0 Å². The minimum Gasteiger partial charge on any atom is -0.310 e. The SMILES string of the molecule is CCNC(Cc1cc(F)ccc1Cl)c1cc(Cl)ccc1I. The second-order valence-corrected chi connectivity index (χ2v) is 6.72. The highest BCUT2D eigenvalue weighted by molar-refractivity contribution is 14.1. The fourth-order valence-corrected chi connectivity index (χ4v) is 3.33. The monoisotopic (exact) mass is 437 g/mol. The van der Waals surface area contributed by atoms with E-state index in [2.05, 4.69) is 27.9 Å². The smallest absolute Gasteiger partial charge is 0.123 e. The number of rotatable bonds is 5. The van der Waals surface area contributed by atoms with Gasteiger partial charge in [0, 0.05) is 19.7 Å². The summed E-state index contributed by atoms with van der Waals surface area (Å²) in [5.41, 5.74) is 1.89. The van der Waals surface area contributed by atoms with Crippen molar-refractivity contribution in [3.05, 3.63) is 67.0 Å². The lowest BCUT2D eigenvalue weighted by atomic mass is 9.98. The third-order valence-corrected chi connectivity index (χ3v) is 4.80. The molecule has 1 nitrogen and oxygen atoms in total. The molecule has 112 valence electrons. The minimum atomic E-state index is -0.273. The lowest BCUT2D eigenvalue weighted by molar-refractivity contribution is 0.545. The van der Waals surface area contributed by atoms with Crippen LogP contribution in [0.3, 0.4) is 0 Å². The molecule has 5 heteroatoms. The molecule has 2 aromatic rings. The average Bonchev–Trinajstić information content (AvgIpc) is 2.45. The van der Waals surface area contributed by atoms with E-state index in [1.54, 1.807) is 6.07 Å². The first-order chi connectivity index (χ1) is 10.0. The molecule has 0 aromatic heterocycles. The lowest BCUT2D eigenvalue weighted by Gasteiger charge is -2.21. The van der Waals surface area contributed by atoms with Crippen LogP contribution in [0.2, 0.25) is 10.0 Å². The summed E-state index contributed by atoms with van der Waals surface area (Å²) in [6.07, 6.45) is 0.612. The topological polar surface area (TPSA) is 12.0 Å². The molecule has 2 aromatic carbocycles. The highest BCUT2D eigenvalue weighted by Crippen LogP contribution is 2.29. The van der Waals surface area contributed by atoms with Crippen molar-refractivity contribution < 1.29 is 4.39 Å². The number of hydrogen-bond donors (Lipinski definition) is 1. The van der Waals surface area contributed by atoms with Gasteiger partial charge < -0.3 is 5.32 Å². The van der Waals surface area contributed by atoms with Gasteiger partial charge in [-0.2, -0.15) is 0 Å². The highest BCUT2D eigenvalue weighted by Gasteiger charge is 2.16. The first-order valence-corrected chi connectivity index (χ1v) is 8.47. The average molecular weight is 438 g/mol. The highest BCUT2D eigenvalue weighted by atomic mass is 127. The van der Waals surface area contributed by atoms with Crippen LogP contribution in [0.5, 0.6) is 0 Å². The number of benzene rings is 2. The maximum absolute atomic E-state index is 13.4. The van der Waals surface area contributed by atoms with Crippen molar-refractivity contribution in [1.82, 2.24) is 5.32 Å². The number of halogens is 4. The van der Waals surface area contributed by atoms with Crippen molar-refractivity contribution in [2.45, 2.75) is 19.4 Å². The van der Waals surface area contributed by atoms with Gasteiger partial charge in [-0.25, -0.2) is 4.39 Å². The van der Waals surface area contributed by atoms with E-state index in [4.69, 9.17) is 23.2 Å².